The molecule has 340 valence electrons. The van der Waals surface area contributed by atoms with Crippen LogP contribution in [0.15, 0.2) is 12.4 Å². The average molecular weight is 816 g/mol. The predicted molar refractivity (Wildman–Crippen MR) is 247 cm³/mol. The van der Waals surface area contributed by atoms with Gasteiger partial charge in [-0.2, -0.15) is 0 Å². The van der Waals surface area contributed by atoms with Crippen LogP contribution in [0.2, 0.25) is 0 Å². The summed E-state index contributed by atoms with van der Waals surface area (Å²) < 4.78 is 14.0. The molecule has 1 aromatic heterocycles. The van der Waals surface area contributed by atoms with Crippen molar-refractivity contribution >= 4 is 11.9 Å². The summed E-state index contributed by atoms with van der Waals surface area (Å²) in [5, 5.41) is 0. The molecule has 0 saturated carbocycles. The highest BCUT2D eigenvalue weighted by Gasteiger charge is 2.15. The Morgan fingerprint density at radius 2 is 0.879 bits per heavy atom. The van der Waals surface area contributed by atoms with E-state index in [4.69, 9.17) is 9.47 Å². The monoisotopic (exact) mass is 816 g/mol. The van der Waals surface area contributed by atoms with Crippen LogP contribution < -0.4 is 0 Å². The van der Waals surface area contributed by atoms with Crippen LogP contribution >= 0.6 is 0 Å². The summed E-state index contributed by atoms with van der Waals surface area (Å²) >= 11 is 0. The van der Waals surface area contributed by atoms with Crippen molar-refractivity contribution in [3.05, 3.63) is 18.2 Å². The molecule has 0 fully saturated rings. The van der Waals surface area contributed by atoms with Crippen molar-refractivity contribution in [2.75, 3.05) is 32.8 Å². The van der Waals surface area contributed by atoms with Gasteiger partial charge in [-0.15, -0.1) is 0 Å². The van der Waals surface area contributed by atoms with Gasteiger partial charge in [-0.25, -0.2) is 4.98 Å². The van der Waals surface area contributed by atoms with Crippen LogP contribution in [0.1, 0.15) is 245 Å². The minimum atomic E-state index is -0.00659. The van der Waals surface area contributed by atoms with E-state index in [1.165, 1.54) is 154 Å². The number of unbranched alkanes of at least 4 members (excludes halogenated alkanes) is 20. The van der Waals surface area contributed by atoms with Gasteiger partial charge >= 0.3 is 11.9 Å². The Morgan fingerprint density at radius 3 is 1.28 bits per heavy atom. The molecule has 2 unspecified atom stereocenters. The van der Waals surface area contributed by atoms with Crippen LogP contribution in [-0.4, -0.2) is 59.2 Å². The molecule has 0 radical (unpaired) electrons. The van der Waals surface area contributed by atoms with Crippen molar-refractivity contribution in [1.29, 1.82) is 0 Å². The molecule has 1 aromatic rings. The smallest absolute Gasteiger partial charge is 0.305 e. The molecule has 0 amide bonds. The summed E-state index contributed by atoms with van der Waals surface area (Å²) in [6, 6.07) is 0. The largest absolute Gasteiger partial charge is 0.465 e. The Kier molecular flexibility index (Phi) is 37.8. The molecule has 0 bridgehead atoms. The van der Waals surface area contributed by atoms with Crippen molar-refractivity contribution in [2.45, 2.75) is 253 Å². The fraction of sp³-hybridized carbons (Fsp3) is 0.902. The van der Waals surface area contributed by atoms with Crippen molar-refractivity contribution in [3.63, 3.8) is 0 Å². The molecule has 0 aliphatic rings. The molecule has 0 saturated heterocycles. The van der Waals surface area contributed by atoms with E-state index in [1.54, 1.807) is 0 Å². The number of ether oxygens (including phenoxy) is 2. The third-order valence-electron chi connectivity index (χ3n) is 12.3. The third kappa shape index (κ3) is 32.9. The molecule has 7 heteroatoms. The van der Waals surface area contributed by atoms with Crippen molar-refractivity contribution in [2.24, 2.45) is 11.8 Å². The van der Waals surface area contributed by atoms with Crippen molar-refractivity contribution < 1.29 is 19.1 Å². The van der Waals surface area contributed by atoms with E-state index >= 15 is 0 Å². The first-order valence-corrected chi connectivity index (χ1v) is 25.4. The van der Waals surface area contributed by atoms with Gasteiger partial charge in [-0.1, -0.05) is 169 Å². The number of nitrogens with zero attached hydrogens (tertiary/aromatic N) is 3. The fourth-order valence-corrected chi connectivity index (χ4v) is 8.34. The Bertz CT molecular complexity index is 987. The lowest BCUT2D eigenvalue weighted by molar-refractivity contribution is -0.146. The number of hydrogen-bond acceptors (Lipinski definition) is 6. The van der Waals surface area contributed by atoms with Gasteiger partial charge in [0.05, 0.1) is 13.2 Å². The van der Waals surface area contributed by atoms with Gasteiger partial charge in [0.2, 0.25) is 0 Å². The van der Waals surface area contributed by atoms with E-state index in [-0.39, 0.29) is 11.9 Å². The van der Waals surface area contributed by atoms with Crippen LogP contribution in [0.4, 0.5) is 0 Å². The Morgan fingerprint density at radius 1 is 0.517 bits per heavy atom. The van der Waals surface area contributed by atoms with Crippen molar-refractivity contribution in [1.82, 2.24) is 14.5 Å². The first-order valence-electron chi connectivity index (χ1n) is 25.4. The summed E-state index contributed by atoms with van der Waals surface area (Å²) in [5.41, 5.74) is 0. The van der Waals surface area contributed by atoms with Crippen LogP contribution in [-0.2, 0) is 25.6 Å². The van der Waals surface area contributed by atoms with Gasteiger partial charge < -0.3 is 18.9 Å². The average Bonchev–Trinajstić information content (AvgIpc) is 3.64. The normalized spacial score (nSPS) is 12.7. The number of carbonyl (C=O) groups is 2. The molecule has 0 aliphatic carbocycles. The van der Waals surface area contributed by atoms with Crippen LogP contribution in [0.3, 0.4) is 0 Å². The maximum Gasteiger partial charge on any atom is 0.305 e. The topological polar surface area (TPSA) is 73.7 Å². The van der Waals surface area contributed by atoms with E-state index in [9.17, 15) is 9.59 Å². The molecular weight excluding hydrogens is 719 g/mol. The summed E-state index contributed by atoms with van der Waals surface area (Å²) in [4.78, 5) is 32.5. The Hall–Kier alpha value is -1.89. The van der Waals surface area contributed by atoms with E-state index in [0.717, 1.165) is 76.9 Å². The first-order chi connectivity index (χ1) is 28.4. The van der Waals surface area contributed by atoms with Gasteiger partial charge in [0, 0.05) is 31.8 Å². The molecule has 0 aliphatic heterocycles. The summed E-state index contributed by atoms with van der Waals surface area (Å²) in [6.07, 6.45) is 43.1. The van der Waals surface area contributed by atoms with E-state index in [2.05, 4.69) is 55.3 Å². The zero-order chi connectivity index (χ0) is 42.2. The fourth-order valence-electron chi connectivity index (χ4n) is 8.34. The number of aromatic nitrogens is 2. The van der Waals surface area contributed by atoms with Gasteiger partial charge in [0.15, 0.2) is 0 Å². The number of hydrogen-bond donors (Lipinski definition) is 0. The number of aryl methyl sites for hydroxylation is 2. The third-order valence-corrected chi connectivity index (χ3v) is 12.3. The van der Waals surface area contributed by atoms with Gasteiger partial charge in [0.25, 0.3) is 0 Å². The maximum atomic E-state index is 12.7. The second-order valence-electron chi connectivity index (χ2n) is 17.9. The minimum absolute atomic E-state index is 0.00659. The van der Waals surface area contributed by atoms with E-state index in [1.807, 2.05) is 6.20 Å². The number of carbonyl (C=O) groups excluding carboxylic acids is 2. The van der Waals surface area contributed by atoms with Gasteiger partial charge in [0.1, 0.15) is 5.82 Å². The molecule has 0 spiro atoms. The second kappa shape index (κ2) is 40.5. The molecule has 0 N–H and O–H groups in total. The molecule has 2 atom stereocenters. The standard InChI is InChI=1S/C51H97N3O4/c1-6-10-14-18-20-26-35-48(33-24-16-12-8-3)45-57-50(55)37-28-22-30-40-53(42-32-43-54-44-39-52-47(54)5)41-31-23-29-38-51(56)58-46-49(34-25-17-13-9-4)36-27-21-19-15-11-7-2/h39,44,48-49H,6-38,40-43,45-46H2,1-5H3. The van der Waals surface area contributed by atoms with E-state index in [0.29, 0.717) is 37.9 Å². The zero-order valence-electron chi connectivity index (χ0n) is 39.4. The highest BCUT2D eigenvalue weighted by Crippen LogP contribution is 2.21. The van der Waals surface area contributed by atoms with Crippen LogP contribution in [0.25, 0.3) is 0 Å². The zero-order valence-corrected chi connectivity index (χ0v) is 39.4. The quantitative estimate of drug-likeness (QED) is 0.0482. The number of imidazole rings is 1. The first kappa shape index (κ1) is 54.1. The van der Waals surface area contributed by atoms with Crippen LogP contribution in [0.5, 0.6) is 0 Å². The van der Waals surface area contributed by atoms with Crippen LogP contribution in [0, 0.1) is 18.8 Å². The summed E-state index contributed by atoms with van der Waals surface area (Å²) in [5.74, 6) is 2.10. The number of rotatable bonds is 44. The van der Waals surface area contributed by atoms with Gasteiger partial charge in [-0.3, -0.25) is 9.59 Å². The number of esters is 2. The molecule has 1 rings (SSSR count). The molecular formula is C51H97N3O4. The molecule has 0 aromatic carbocycles. The molecule has 58 heavy (non-hydrogen) atoms. The Labute approximate surface area is 360 Å². The van der Waals surface area contributed by atoms with Crippen molar-refractivity contribution in [3.8, 4) is 0 Å². The van der Waals surface area contributed by atoms with E-state index < -0.39 is 0 Å². The molecule has 7 nitrogen and oxygen atoms in total. The second-order valence-corrected chi connectivity index (χ2v) is 17.9. The minimum Gasteiger partial charge on any atom is -0.465 e. The maximum absolute atomic E-state index is 12.7. The summed E-state index contributed by atoms with van der Waals surface area (Å²) in [6.45, 7) is 16.5. The lowest BCUT2D eigenvalue weighted by Crippen LogP contribution is -2.28. The molecule has 1 heterocycles. The summed E-state index contributed by atoms with van der Waals surface area (Å²) in [7, 11) is 0. The lowest BCUT2D eigenvalue weighted by Gasteiger charge is -2.22. The Balaban J connectivity index is 2.43. The highest BCUT2D eigenvalue weighted by molar-refractivity contribution is 5.69. The predicted octanol–water partition coefficient (Wildman–Crippen LogP) is 14.8. The highest BCUT2D eigenvalue weighted by atomic mass is 16.5. The van der Waals surface area contributed by atoms with Gasteiger partial charge in [-0.05, 0) is 96.2 Å². The lowest BCUT2D eigenvalue weighted by atomic mass is 9.95. The SMILES string of the molecule is CCCCCCCCC(CCCCCC)COC(=O)CCCCCN(CCCCCC(=O)OCC(CCCCCC)CCCCCCCC)CCCn1ccnc1C.